The van der Waals surface area contributed by atoms with E-state index in [0.29, 0.717) is 31.7 Å². The zero-order valence-corrected chi connectivity index (χ0v) is 17.1. The van der Waals surface area contributed by atoms with E-state index in [4.69, 9.17) is 11.6 Å². The summed E-state index contributed by atoms with van der Waals surface area (Å²) in [6.07, 6.45) is -4.77. The molecule has 1 amide bonds. The van der Waals surface area contributed by atoms with Crippen LogP contribution in [-0.2, 0) is 17.8 Å². The van der Waals surface area contributed by atoms with E-state index >= 15 is 0 Å². The predicted octanol–water partition coefficient (Wildman–Crippen LogP) is 5.19. The van der Waals surface area contributed by atoms with Crippen LogP contribution in [0.25, 0.3) is 10.9 Å². The lowest BCUT2D eigenvalue weighted by molar-refractivity contribution is -0.186. The molecule has 1 aromatic heterocycles. The SMILES string of the molecule is O=C(c1cccc(Br)c1)n1c2c(c3cc(Cl)ccc31)CCN(C(=O)C(F)(F)F)C2. The molecule has 4 nitrogen and oxygen atoms in total. The Labute approximate surface area is 177 Å². The first-order valence-corrected chi connectivity index (χ1v) is 9.82. The third kappa shape index (κ3) is 3.55. The third-order valence-electron chi connectivity index (χ3n) is 4.92. The van der Waals surface area contributed by atoms with Gasteiger partial charge in [0.1, 0.15) is 0 Å². The number of hydrogen-bond donors (Lipinski definition) is 0. The quantitative estimate of drug-likeness (QED) is 0.476. The molecule has 3 aromatic rings. The van der Waals surface area contributed by atoms with Gasteiger partial charge in [-0.15, -0.1) is 0 Å². The summed E-state index contributed by atoms with van der Waals surface area (Å²) in [7, 11) is 0. The largest absolute Gasteiger partial charge is 0.471 e. The van der Waals surface area contributed by atoms with Gasteiger partial charge in [-0.1, -0.05) is 33.6 Å². The number of carbonyl (C=O) groups is 2. The second-order valence-corrected chi connectivity index (χ2v) is 8.06. The molecule has 2 aromatic carbocycles. The van der Waals surface area contributed by atoms with E-state index < -0.39 is 12.1 Å². The van der Waals surface area contributed by atoms with Gasteiger partial charge in [-0.3, -0.25) is 14.2 Å². The highest BCUT2D eigenvalue weighted by molar-refractivity contribution is 9.10. The fourth-order valence-corrected chi connectivity index (χ4v) is 4.24. The molecule has 150 valence electrons. The van der Waals surface area contributed by atoms with Crippen molar-refractivity contribution in [1.82, 2.24) is 9.47 Å². The summed E-state index contributed by atoms with van der Waals surface area (Å²) in [5, 5.41) is 1.16. The maximum Gasteiger partial charge on any atom is 0.471 e. The van der Waals surface area contributed by atoms with Crippen LogP contribution in [-0.4, -0.2) is 34.0 Å². The summed E-state index contributed by atoms with van der Waals surface area (Å²) in [6.45, 7) is -0.387. The van der Waals surface area contributed by atoms with Gasteiger partial charge in [0, 0.05) is 32.7 Å². The van der Waals surface area contributed by atoms with E-state index in [2.05, 4.69) is 15.9 Å². The summed E-state index contributed by atoms with van der Waals surface area (Å²) in [6, 6.07) is 11.7. The molecule has 0 radical (unpaired) electrons. The van der Waals surface area contributed by atoms with Gasteiger partial charge < -0.3 is 4.90 Å². The minimum atomic E-state index is -4.97. The Morgan fingerprint density at radius 1 is 1.10 bits per heavy atom. The molecule has 0 N–H and O–H groups in total. The fourth-order valence-electron chi connectivity index (χ4n) is 3.67. The van der Waals surface area contributed by atoms with Crippen molar-refractivity contribution in [2.24, 2.45) is 0 Å². The van der Waals surface area contributed by atoms with Crippen LogP contribution in [0.4, 0.5) is 13.2 Å². The van der Waals surface area contributed by atoms with Crippen LogP contribution < -0.4 is 0 Å². The highest BCUT2D eigenvalue weighted by atomic mass is 79.9. The topological polar surface area (TPSA) is 42.3 Å². The van der Waals surface area contributed by atoms with Gasteiger partial charge in [0.15, 0.2) is 0 Å². The van der Waals surface area contributed by atoms with E-state index in [-0.39, 0.29) is 25.4 Å². The van der Waals surface area contributed by atoms with Crippen LogP contribution in [0, 0.1) is 0 Å². The number of amides is 1. The van der Waals surface area contributed by atoms with Crippen molar-refractivity contribution < 1.29 is 22.8 Å². The van der Waals surface area contributed by atoms with Gasteiger partial charge >= 0.3 is 12.1 Å². The zero-order chi connectivity index (χ0) is 20.9. The van der Waals surface area contributed by atoms with E-state index in [1.165, 1.54) is 4.57 Å². The number of alkyl halides is 3. The number of hydrogen-bond acceptors (Lipinski definition) is 2. The number of halogens is 5. The molecule has 0 saturated carbocycles. The molecule has 0 aliphatic carbocycles. The number of benzene rings is 2. The Bertz CT molecular complexity index is 1160. The molecule has 29 heavy (non-hydrogen) atoms. The van der Waals surface area contributed by atoms with E-state index in [0.717, 1.165) is 10.5 Å². The van der Waals surface area contributed by atoms with E-state index in [1.807, 2.05) is 0 Å². The smallest absolute Gasteiger partial charge is 0.329 e. The lowest BCUT2D eigenvalue weighted by Gasteiger charge is -2.28. The van der Waals surface area contributed by atoms with E-state index in [9.17, 15) is 22.8 Å². The monoisotopic (exact) mass is 484 g/mol. The van der Waals surface area contributed by atoms with E-state index in [1.54, 1.807) is 42.5 Å². The summed E-state index contributed by atoms with van der Waals surface area (Å²) >= 11 is 9.43. The number of nitrogens with zero attached hydrogens (tertiary/aromatic N) is 2. The molecule has 0 fully saturated rings. The molecular formula is C20H13BrClF3N2O2. The summed E-state index contributed by atoms with van der Waals surface area (Å²) < 4.78 is 40.9. The lowest BCUT2D eigenvalue weighted by atomic mass is 10.0. The normalized spacial score (nSPS) is 14.2. The molecule has 0 spiro atoms. The van der Waals surface area contributed by atoms with Crippen LogP contribution in [0.3, 0.4) is 0 Å². The lowest BCUT2D eigenvalue weighted by Crippen LogP contribution is -2.44. The summed E-state index contributed by atoms with van der Waals surface area (Å²) in [4.78, 5) is 25.8. The van der Waals surface area contributed by atoms with Crippen molar-refractivity contribution in [3.05, 3.63) is 68.8 Å². The Kier molecular flexibility index (Phi) is 4.94. The second-order valence-electron chi connectivity index (χ2n) is 6.71. The third-order valence-corrected chi connectivity index (χ3v) is 5.65. The predicted molar refractivity (Wildman–Crippen MR) is 106 cm³/mol. The molecule has 0 saturated heterocycles. The van der Waals surface area contributed by atoms with Crippen molar-refractivity contribution in [3.8, 4) is 0 Å². The van der Waals surface area contributed by atoms with Gasteiger partial charge in [-0.25, -0.2) is 0 Å². The van der Waals surface area contributed by atoms with Gasteiger partial charge in [0.2, 0.25) is 0 Å². The van der Waals surface area contributed by atoms with Crippen LogP contribution in [0.15, 0.2) is 46.9 Å². The first-order chi connectivity index (χ1) is 13.7. The highest BCUT2D eigenvalue weighted by Crippen LogP contribution is 2.34. The Hall–Kier alpha value is -2.32. The van der Waals surface area contributed by atoms with Gasteiger partial charge in [-0.2, -0.15) is 13.2 Å². The second kappa shape index (κ2) is 7.18. The van der Waals surface area contributed by atoms with Crippen molar-refractivity contribution in [2.45, 2.75) is 19.1 Å². The molecule has 1 aliphatic rings. The molecule has 0 unspecified atom stereocenters. The minimum Gasteiger partial charge on any atom is -0.329 e. The first kappa shape index (κ1) is 20.0. The van der Waals surface area contributed by atoms with Crippen molar-refractivity contribution in [2.75, 3.05) is 6.54 Å². The van der Waals surface area contributed by atoms with Gasteiger partial charge in [-0.05, 0) is 48.4 Å². The maximum atomic E-state index is 13.3. The molecular weight excluding hydrogens is 473 g/mol. The van der Waals surface area contributed by atoms with Crippen LogP contribution >= 0.6 is 27.5 Å². The van der Waals surface area contributed by atoms with Crippen molar-refractivity contribution in [3.63, 3.8) is 0 Å². The summed E-state index contributed by atoms with van der Waals surface area (Å²) in [5.41, 5.74) is 2.02. The van der Waals surface area contributed by atoms with Crippen LogP contribution in [0.1, 0.15) is 21.6 Å². The average Bonchev–Trinajstić information content (AvgIpc) is 2.98. The molecule has 4 rings (SSSR count). The number of aromatic nitrogens is 1. The fraction of sp³-hybridized carbons (Fsp3) is 0.200. The highest BCUT2D eigenvalue weighted by Gasteiger charge is 2.44. The molecule has 1 aliphatic heterocycles. The van der Waals surface area contributed by atoms with Gasteiger partial charge in [0.25, 0.3) is 5.91 Å². The Morgan fingerprint density at radius 2 is 1.86 bits per heavy atom. The van der Waals surface area contributed by atoms with Crippen LogP contribution in [0.2, 0.25) is 5.02 Å². The first-order valence-electron chi connectivity index (χ1n) is 8.65. The van der Waals surface area contributed by atoms with Gasteiger partial charge in [0.05, 0.1) is 12.1 Å². The number of carbonyl (C=O) groups excluding carboxylic acids is 2. The van der Waals surface area contributed by atoms with Crippen LogP contribution in [0.5, 0.6) is 0 Å². The molecule has 9 heteroatoms. The standard InChI is InChI=1S/C20H13BrClF3N2O2/c21-12-3-1-2-11(8-12)18(28)27-16-5-4-13(22)9-15(16)14-6-7-26(10-17(14)27)19(29)20(23,24)25/h1-5,8-9H,6-7,10H2. The summed E-state index contributed by atoms with van der Waals surface area (Å²) in [5.74, 6) is -2.30. The number of fused-ring (bicyclic) bond motifs is 3. The molecule has 2 heterocycles. The zero-order valence-electron chi connectivity index (χ0n) is 14.8. The maximum absolute atomic E-state index is 13.3. The van der Waals surface area contributed by atoms with Crippen molar-refractivity contribution >= 4 is 50.2 Å². The molecule has 0 bridgehead atoms. The molecule has 0 atom stereocenters. The van der Waals surface area contributed by atoms with Crippen molar-refractivity contribution in [1.29, 1.82) is 0 Å². The Morgan fingerprint density at radius 3 is 2.55 bits per heavy atom. The average molecular weight is 486 g/mol. The minimum absolute atomic E-state index is 0.0813. The Balaban J connectivity index is 1.88. The number of rotatable bonds is 1.